The molecule has 4 rings (SSSR count). The Morgan fingerprint density at radius 1 is 0.967 bits per heavy atom. The Balaban J connectivity index is 1.67. The minimum Gasteiger partial charge on any atom is -0.372 e. The normalized spacial score (nSPS) is 11.8. The van der Waals surface area contributed by atoms with Gasteiger partial charge < -0.3 is 10.1 Å². The average molecular weight is 397 g/mol. The van der Waals surface area contributed by atoms with Crippen LogP contribution in [0, 0.1) is 13.8 Å². The summed E-state index contributed by atoms with van der Waals surface area (Å²) in [6.45, 7) is 3.85. The minimum absolute atomic E-state index is 0.493. The maximum Gasteiger partial charge on any atom is 0.281 e. The zero-order valence-corrected chi connectivity index (χ0v) is 16.9. The maximum absolute atomic E-state index is 13.2. The van der Waals surface area contributed by atoms with Crippen LogP contribution in [-0.4, -0.2) is 22.2 Å². The maximum atomic E-state index is 13.2. The molecule has 5 nitrogen and oxygen atoms in total. The number of nitrogens with zero attached hydrogens (tertiary/aromatic N) is 1. The van der Waals surface area contributed by atoms with Crippen LogP contribution in [0.2, 0.25) is 0 Å². The fraction of sp³-hybridized carbons (Fsp3) is 0.120. The average Bonchev–Trinajstić information content (AvgIpc) is 3.16. The second-order valence-electron chi connectivity index (χ2n) is 7.44. The number of hydrogen-bond donors (Lipinski definition) is 3. The van der Waals surface area contributed by atoms with Gasteiger partial charge in [-0.25, -0.2) is 5.43 Å². The molecule has 1 aromatic heterocycles. The third kappa shape index (κ3) is 3.63. The number of nitrogens with one attached hydrogen (secondary N) is 2. The molecule has 150 valence electrons. The van der Waals surface area contributed by atoms with E-state index in [0.717, 1.165) is 27.6 Å². The molecule has 4 aromatic rings. The summed E-state index contributed by atoms with van der Waals surface area (Å²) >= 11 is 0. The smallest absolute Gasteiger partial charge is 0.281 e. The first-order valence-corrected chi connectivity index (χ1v) is 9.75. The molecule has 0 bridgehead atoms. The van der Waals surface area contributed by atoms with E-state index in [1.807, 2.05) is 80.7 Å². The standard InChI is InChI=1S/C25H23N3O2/c1-17-7-5-9-20(13-17)25(30,21-10-6-8-18(2)14-21)24(29)28-27-16-19-15-26-23-12-4-3-11-22(19)23/h3-16,26,30H,1-2H3,(H,28,29). The summed E-state index contributed by atoms with van der Waals surface area (Å²) in [6.07, 6.45) is 3.40. The number of carbonyl (C=O) groups is 1. The Hall–Kier alpha value is -3.70. The van der Waals surface area contributed by atoms with E-state index in [1.165, 1.54) is 0 Å². The number of aromatic amines is 1. The number of aromatic nitrogens is 1. The summed E-state index contributed by atoms with van der Waals surface area (Å²) in [4.78, 5) is 16.4. The van der Waals surface area contributed by atoms with E-state index in [2.05, 4.69) is 15.5 Å². The first-order valence-electron chi connectivity index (χ1n) is 9.75. The highest BCUT2D eigenvalue weighted by Gasteiger charge is 2.40. The molecule has 0 unspecified atom stereocenters. The van der Waals surface area contributed by atoms with Gasteiger partial charge in [0.1, 0.15) is 0 Å². The summed E-state index contributed by atoms with van der Waals surface area (Å²) in [5.74, 6) is -0.616. The molecular formula is C25H23N3O2. The lowest BCUT2D eigenvalue weighted by Crippen LogP contribution is -2.43. The zero-order chi connectivity index (χ0) is 21.1. The number of benzene rings is 3. The van der Waals surface area contributed by atoms with Gasteiger partial charge in [-0.3, -0.25) is 4.79 Å². The highest BCUT2D eigenvalue weighted by atomic mass is 16.3. The van der Waals surface area contributed by atoms with Crippen LogP contribution in [0.1, 0.15) is 27.8 Å². The van der Waals surface area contributed by atoms with Gasteiger partial charge in [0.2, 0.25) is 0 Å². The van der Waals surface area contributed by atoms with Gasteiger partial charge in [-0.1, -0.05) is 77.9 Å². The molecule has 3 aromatic carbocycles. The number of hydrazone groups is 1. The Labute approximate surface area is 175 Å². The predicted octanol–water partition coefficient (Wildman–Crippen LogP) is 4.17. The molecule has 0 atom stereocenters. The Bertz CT molecular complexity index is 1190. The van der Waals surface area contributed by atoms with E-state index in [0.29, 0.717) is 11.1 Å². The van der Waals surface area contributed by atoms with Crippen molar-refractivity contribution < 1.29 is 9.90 Å². The molecule has 1 heterocycles. The third-order valence-corrected chi connectivity index (χ3v) is 5.19. The van der Waals surface area contributed by atoms with Crippen molar-refractivity contribution >= 4 is 23.0 Å². The topological polar surface area (TPSA) is 77.5 Å². The Morgan fingerprint density at radius 3 is 2.23 bits per heavy atom. The molecule has 0 aliphatic heterocycles. The number of H-pyrrole nitrogens is 1. The van der Waals surface area contributed by atoms with E-state index in [-0.39, 0.29) is 0 Å². The summed E-state index contributed by atoms with van der Waals surface area (Å²) < 4.78 is 0. The summed E-state index contributed by atoms with van der Waals surface area (Å²) in [5, 5.41) is 16.7. The number of aryl methyl sites for hydroxylation is 2. The molecule has 1 amide bonds. The van der Waals surface area contributed by atoms with Crippen molar-refractivity contribution in [2.45, 2.75) is 19.4 Å². The van der Waals surface area contributed by atoms with Crippen molar-refractivity contribution in [2.75, 3.05) is 0 Å². The van der Waals surface area contributed by atoms with Gasteiger partial charge in [-0.15, -0.1) is 0 Å². The number of amides is 1. The predicted molar refractivity (Wildman–Crippen MR) is 119 cm³/mol. The van der Waals surface area contributed by atoms with Gasteiger partial charge in [0.15, 0.2) is 5.60 Å². The molecule has 30 heavy (non-hydrogen) atoms. The summed E-state index contributed by atoms with van der Waals surface area (Å²) in [7, 11) is 0. The van der Waals surface area contributed by atoms with Crippen LogP contribution in [0.4, 0.5) is 0 Å². The van der Waals surface area contributed by atoms with Crippen molar-refractivity contribution in [3.8, 4) is 0 Å². The molecule has 0 fully saturated rings. The number of rotatable bonds is 5. The molecule has 0 radical (unpaired) electrons. The van der Waals surface area contributed by atoms with Crippen LogP contribution in [0.25, 0.3) is 10.9 Å². The number of hydrogen-bond acceptors (Lipinski definition) is 3. The SMILES string of the molecule is Cc1cccc(C(O)(C(=O)NN=Cc2c[nH]c3ccccc23)c2cccc(C)c2)c1. The highest BCUT2D eigenvalue weighted by Crippen LogP contribution is 2.31. The van der Waals surface area contributed by atoms with Crippen LogP contribution in [0.15, 0.2) is 84.1 Å². The van der Waals surface area contributed by atoms with E-state index >= 15 is 0 Å². The minimum atomic E-state index is -1.87. The van der Waals surface area contributed by atoms with Crippen molar-refractivity contribution in [2.24, 2.45) is 5.10 Å². The monoisotopic (exact) mass is 397 g/mol. The number of para-hydroxylation sites is 1. The van der Waals surface area contributed by atoms with Crippen molar-refractivity contribution in [1.82, 2.24) is 10.4 Å². The van der Waals surface area contributed by atoms with Crippen LogP contribution < -0.4 is 5.43 Å². The Morgan fingerprint density at radius 2 is 1.60 bits per heavy atom. The summed E-state index contributed by atoms with van der Waals surface area (Å²) in [5.41, 5.74) is 5.39. The second-order valence-corrected chi connectivity index (χ2v) is 7.44. The van der Waals surface area contributed by atoms with Gasteiger partial charge in [0.05, 0.1) is 6.21 Å². The number of aliphatic hydroxyl groups is 1. The number of fused-ring (bicyclic) bond motifs is 1. The van der Waals surface area contributed by atoms with E-state index in [9.17, 15) is 9.90 Å². The summed E-state index contributed by atoms with van der Waals surface area (Å²) in [6, 6.07) is 22.5. The fourth-order valence-corrected chi connectivity index (χ4v) is 3.61. The van der Waals surface area contributed by atoms with Crippen LogP contribution in [0.5, 0.6) is 0 Å². The lowest BCUT2D eigenvalue weighted by molar-refractivity contribution is -0.136. The van der Waals surface area contributed by atoms with Crippen LogP contribution >= 0.6 is 0 Å². The van der Waals surface area contributed by atoms with Gasteiger partial charge in [0, 0.05) is 22.7 Å². The first-order chi connectivity index (χ1) is 14.5. The molecular weight excluding hydrogens is 374 g/mol. The Kier molecular flexibility index (Phi) is 5.21. The van der Waals surface area contributed by atoms with E-state index in [1.54, 1.807) is 18.3 Å². The third-order valence-electron chi connectivity index (χ3n) is 5.19. The molecule has 0 aliphatic carbocycles. The van der Waals surface area contributed by atoms with Gasteiger partial charge >= 0.3 is 0 Å². The van der Waals surface area contributed by atoms with Crippen LogP contribution in [0.3, 0.4) is 0 Å². The zero-order valence-electron chi connectivity index (χ0n) is 16.9. The van der Waals surface area contributed by atoms with E-state index in [4.69, 9.17) is 0 Å². The first kappa shape index (κ1) is 19.6. The van der Waals surface area contributed by atoms with Gasteiger partial charge in [0.25, 0.3) is 5.91 Å². The van der Waals surface area contributed by atoms with Crippen molar-refractivity contribution in [1.29, 1.82) is 0 Å². The molecule has 5 heteroatoms. The molecule has 3 N–H and O–H groups in total. The number of carbonyl (C=O) groups excluding carboxylic acids is 1. The van der Waals surface area contributed by atoms with E-state index < -0.39 is 11.5 Å². The molecule has 0 saturated heterocycles. The largest absolute Gasteiger partial charge is 0.372 e. The van der Waals surface area contributed by atoms with Crippen molar-refractivity contribution in [3.05, 3.63) is 107 Å². The lowest BCUT2D eigenvalue weighted by Gasteiger charge is -2.27. The van der Waals surface area contributed by atoms with Gasteiger partial charge in [-0.2, -0.15) is 5.10 Å². The quantitative estimate of drug-likeness (QED) is 0.349. The van der Waals surface area contributed by atoms with Gasteiger partial charge in [-0.05, 0) is 31.0 Å². The van der Waals surface area contributed by atoms with Crippen molar-refractivity contribution in [3.63, 3.8) is 0 Å². The fourth-order valence-electron chi connectivity index (χ4n) is 3.61. The molecule has 0 saturated carbocycles. The molecule has 0 spiro atoms. The lowest BCUT2D eigenvalue weighted by atomic mass is 9.84. The van der Waals surface area contributed by atoms with Crippen LogP contribution in [-0.2, 0) is 10.4 Å². The second kappa shape index (κ2) is 7.97. The highest BCUT2D eigenvalue weighted by molar-refractivity contribution is 5.99. The molecule has 0 aliphatic rings.